The van der Waals surface area contributed by atoms with Gasteiger partial charge in [-0.05, 0) is 59.0 Å². The quantitative estimate of drug-likeness (QED) is 0.325. The molecule has 2 aromatic heterocycles. The highest BCUT2D eigenvalue weighted by Gasteiger charge is 1.99. The number of phenolic OH excluding ortho intramolecular Hbond substituents is 1. The number of rotatable bonds is 4. The van der Waals surface area contributed by atoms with Gasteiger partial charge in [-0.1, -0.05) is 30.4 Å². The fourth-order valence-corrected chi connectivity index (χ4v) is 2.74. The van der Waals surface area contributed by atoms with Gasteiger partial charge in [-0.3, -0.25) is 5.10 Å². The normalized spacial score (nSPS) is 11.8. The molecule has 0 fully saturated rings. The van der Waals surface area contributed by atoms with E-state index in [1.54, 1.807) is 18.2 Å². The number of H-pyrrole nitrogens is 2. The van der Waals surface area contributed by atoms with Crippen molar-refractivity contribution in [3.63, 3.8) is 0 Å². The van der Waals surface area contributed by atoms with E-state index in [1.165, 1.54) is 5.39 Å². The Morgan fingerprint density at radius 3 is 2.58 bits per heavy atom. The van der Waals surface area contributed by atoms with Gasteiger partial charge < -0.3 is 15.8 Å². The summed E-state index contributed by atoms with van der Waals surface area (Å²) in [6.45, 7) is 0. The lowest BCUT2D eigenvalue weighted by atomic mass is 10.1. The summed E-state index contributed by atoms with van der Waals surface area (Å²) in [7, 11) is 0. The molecule has 0 aliphatic heterocycles. The number of hydrogen-bond acceptors (Lipinski definition) is 3. The molecule has 0 bridgehead atoms. The number of nitrogen functional groups attached to an aromatic ring is 1. The van der Waals surface area contributed by atoms with Crippen LogP contribution >= 0.6 is 0 Å². The summed E-state index contributed by atoms with van der Waals surface area (Å²) >= 11 is 0. The van der Waals surface area contributed by atoms with E-state index in [0.717, 1.165) is 28.0 Å². The van der Waals surface area contributed by atoms with E-state index in [2.05, 4.69) is 39.4 Å². The number of aromatic amines is 2. The first-order valence-corrected chi connectivity index (χ1v) is 8.24. The molecule has 5 N–H and O–H groups in total. The molecule has 0 spiro atoms. The van der Waals surface area contributed by atoms with Gasteiger partial charge in [-0.25, -0.2) is 0 Å². The Morgan fingerprint density at radius 1 is 0.885 bits per heavy atom. The van der Waals surface area contributed by atoms with Crippen molar-refractivity contribution in [1.82, 2.24) is 15.2 Å². The molecule has 0 amide bonds. The molecule has 0 saturated heterocycles. The molecular weight excluding hydrogens is 324 g/mol. The average Bonchev–Trinajstić information content (AvgIpc) is 3.29. The average molecular weight is 342 g/mol. The van der Waals surface area contributed by atoms with Crippen LogP contribution in [0.15, 0.2) is 54.7 Å². The van der Waals surface area contributed by atoms with E-state index in [9.17, 15) is 5.11 Å². The Bertz CT molecular complexity index is 1120. The van der Waals surface area contributed by atoms with Gasteiger partial charge in [-0.15, -0.1) is 0 Å². The van der Waals surface area contributed by atoms with Gasteiger partial charge >= 0.3 is 0 Å². The molecule has 0 saturated carbocycles. The maximum absolute atomic E-state index is 9.46. The Labute approximate surface area is 150 Å². The highest BCUT2D eigenvalue weighted by atomic mass is 16.3. The van der Waals surface area contributed by atoms with E-state index in [-0.39, 0.29) is 5.75 Å². The molecule has 26 heavy (non-hydrogen) atoms. The van der Waals surface area contributed by atoms with Gasteiger partial charge in [-0.2, -0.15) is 5.10 Å². The molecule has 4 aromatic rings. The number of benzene rings is 2. The molecular formula is C21H18N4O. The van der Waals surface area contributed by atoms with Gasteiger partial charge in [0.05, 0.1) is 17.1 Å². The first kappa shape index (κ1) is 15.8. The second-order valence-electron chi connectivity index (χ2n) is 6.06. The van der Waals surface area contributed by atoms with Gasteiger partial charge in [0.1, 0.15) is 5.75 Å². The number of nitrogens with one attached hydrogen (secondary N) is 2. The molecule has 0 radical (unpaired) electrons. The number of aromatic hydroxyl groups is 1. The van der Waals surface area contributed by atoms with Crippen molar-refractivity contribution in [2.75, 3.05) is 5.73 Å². The largest absolute Gasteiger partial charge is 0.506 e. The predicted octanol–water partition coefficient (Wildman–Crippen LogP) is 4.52. The fraction of sp³-hybridized carbons (Fsp3) is 0. The molecule has 0 aliphatic carbocycles. The van der Waals surface area contributed by atoms with Crippen molar-refractivity contribution in [2.24, 2.45) is 0 Å². The SMILES string of the molecule is Nc1cc(C=Cc2cc(C=Cc3ccc4cc[nH]c4c3)[nH]n2)ccc1O. The van der Waals surface area contributed by atoms with Crippen molar-refractivity contribution in [1.29, 1.82) is 0 Å². The highest BCUT2D eigenvalue weighted by molar-refractivity contribution is 5.83. The van der Waals surface area contributed by atoms with Crippen LogP contribution in [-0.4, -0.2) is 20.3 Å². The van der Waals surface area contributed by atoms with Crippen LogP contribution in [0.3, 0.4) is 0 Å². The number of nitrogens with two attached hydrogens (primary N) is 1. The fourth-order valence-electron chi connectivity index (χ4n) is 2.74. The lowest BCUT2D eigenvalue weighted by Crippen LogP contribution is -1.85. The molecule has 0 aliphatic rings. The van der Waals surface area contributed by atoms with Crippen LogP contribution < -0.4 is 5.73 Å². The van der Waals surface area contributed by atoms with Gasteiger partial charge in [0.15, 0.2) is 0 Å². The molecule has 128 valence electrons. The molecule has 5 heteroatoms. The first-order chi connectivity index (χ1) is 12.7. The molecule has 0 unspecified atom stereocenters. The number of phenols is 1. The van der Waals surface area contributed by atoms with Crippen molar-refractivity contribution in [3.05, 3.63) is 77.2 Å². The minimum Gasteiger partial charge on any atom is -0.506 e. The van der Waals surface area contributed by atoms with Crippen LogP contribution in [-0.2, 0) is 0 Å². The number of aromatic nitrogens is 3. The van der Waals surface area contributed by atoms with E-state index >= 15 is 0 Å². The Hall–Kier alpha value is -3.73. The van der Waals surface area contributed by atoms with E-state index in [1.807, 2.05) is 36.6 Å². The summed E-state index contributed by atoms with van der Waals surface area (Å²) in [6, 6.07) is 15.4. The van der Waals surface area contributed by atoms with Crippen molar-refractivity contribution >= 4 is 40.9 Å². The summed E-state index contributed by atoms with van der Waals surface area (Å²) in [6.07, 6.45) is 9.77. The van der Waals surface area contributed by atoms with E-state index in [0.29, 0.717) is 5.69 Å². The summed E-state index contributed by atoms with van der Waals surface area (Å²) in [5.74, 6) is 0.0897. The third kappa shape index (κ3) is 3.37. The number of nitrogens with zero attached hydrogens (tertiary/aromatic N) is 1. The summed E-state index contributed by atoms with van der Waals surface area (Å²) in [5, 5.41) is 17.9. The Morgan fingerprint density at radius 2 is 1.69 bits per heavy atom. The van der Waals surface area contributed by atoms with Crippen LogP contribution in [0.5, 0.6) is 5.75 Å². The van der Waals surface area contributed by atoms with Gasteiger partial charge in [0.25, 0.3) is 0 Å². The highest BCUT2D eigenvalue weighted by Crippen LogP contribution is 2.21. The van der Waals surface area contributed by atoms with E-state index in [4.69, 9.17) is 5.73 Å². The Kier molecular flexibility index (Phi) is 4.03. The second-order valence-corrected chi connectivity index (χ2v) is 6.06. The molecule has 0 atom stereocenters. The zero-order valence-corrected chi connectivity index (χ0v) is 14.0. The number of anilines is 1. The lowest BCUT2D eigenvalue weighted by Gasteiger charge is -1.98. The van der Waals surface area contributed by atoms with E-state index < -0.39 is 0 Å². The monoisotopic (exact) mass is 342 g/mol. The van der Waals surface area contributed by atoms with Gasteiger partial charge in [0, 0.05) is 11.7 Å². The standard InChI is InChI=1S/C21H18N4O/c22-19-11-14(4-8-21(19)26)2-6-17-13-18(25-24-17)7-3-15-1-5-16-9-10-23-20(16)12-15/h1-13,23,26H,22H2,(H,24,25). The number of hydrogen-bond donors (Lipinski definition) is 4. The maximum atomic E-state index is 9.46. The maximum Gasteiger partial charge on any atom is 0.138 e. The molecule has 4 rings (SSSR count). The van der Waals surface area contributed by atoms with Crippen molar-refractivity contribution < 1.29 is 5.11 Å². The second kappa shape index (κ2) is 6.64. The molecule has 2 heterocycles. The summed E-state index contributed by atoms with van der Waals surface area (Å²) in [5.41, 5.74) is 10.9. The van der Waals surface area contributed by atoms with Crippen molar-refractivity contribution in [3.8, 4) is 5.75 Å². The Balaban J connectivity index is 1.48. The van der Waals surface area contributed by atoms with Gasteiger partial charge in [0.2, 0.25) is 0 Å². The molecule has 2 aromatic carbocycles. The minimum atomic E-state index is 0.0897. The topological polar surface area (TPSA) is 90.7 Å². The third-order valence-electron chi connectivity index (χ3n) is 4.15. The summed E-state index contributed by atoms with van der Waals surface area (Å²) < 4.78 is 0. The lowest BCUT2D eigenvalue weighted by molar-refractivity contribution is 0.478. The number of fused-ring (bicyclic) bond motifs is 1. The van der Waals surface area contributed by atoms with Crippen LogP contribution in [0.1, 0.15) is 22.5 Å². The van der Waals surface area contributed by atoms with Crippen LogP contribution in [0.25, 0.3) is 35.2 Å². The zero-order valence-electron chi connectivity index (χ0n) is 14.0. The minimum absolute atomic E-state index is 0.0897. The smallest absolute Gasteiger partial charge is 0.138 e. The predicted molar refractivity (Wildman–Crippen MR) is 107 cm³/mol. The third-order valence-corrected chi connectivity index (χ3v) is 4.15. The molecule has 5 nitrogen and oxygen atoms in total. The summed E-state index contributed by atoms with van der Waals surface area (Å²) in [4.78, 5) is 3.21. The zero-order chi connectivity index (χ0) is 17.9. The van der Waals surface area contributed by atoms with Crippen molar-refractivity contribution in [2.45, 2.75) is 0 Å². The van der Waals surface area contributed by atoms with Crippen LogP contribution in [0.2, 0.25) is 0 Å². The first-order valence-electron chi connectivity index (χ1n) is 8.24. The van der Waals surface area contributed by atoms with Crippen LogP contribution in [0.4, 0.5) is 5.69 Å². The van der Waals surface area contributed by atoms with Crippen LogP contribution in [0, 0.1) is 0 Å².